The zero-order valence-corrected chi connectivity index (χ0v) is 23.5. The van der Waals surface area contributed by atoms with E-state index in [9.17, 15) is 26.4 Å². The molecule has 0 atom stereocenters. The number of benzene rings is 1. The number of halogens is 3. The van der Waals surface area contributed by atoms with E-state index in [1.54, 1.807) is 12.1 Å². The van der Waals surface area contributed by atoms with Crippen LogP contribution in [0.2, 0.25) is 0 Å². The highest BCUT2D eigenvalue weighted by atomic mass is 32.2. The number of sulfonamides is 1. The molecule has 0 radical (unpaired) electrons. The molecule has 220 valence electrons. The number of anilines is 2. The average molecular weight is 593 g/mol. The monoisotopic (exact) mass is 592 g/mol. The summed E-state index contributed by atoms with van der Waals surface area (Å²) in [6, 6.07) is 11.7. The van der Waals surface area contributed by atoms with Crippen molar-refractivity contribution in [1.82, 2.24) is 9.97 Å². The molecule has 1 aliphatic rings. The van der Waals surface area contributed by atoms with Gasteiger partial charge in [0, 0.05) is 30.5 Å². The number of carbonyl (C=O) groups excluding carboxylic acids is 1. The molecular weight excluding hydrogens is 553 g/mol. The first kappa shape index (κ1) is 25.3. The maximum Gasteiger partial charge on any atom is 0.418 e. The molecule has 3 aromatic rings. The molecule has 41 heavy (non-hydrogen) atoms. The number of aryl methyl sites for hydroxylation is 1. The Morgan fingerprint density at radius 1 is 1.02 bits per heavy atom. The van der Waals surface area contributed by atoms with E-state index in [1.165, 1.54) is 42.2 Å². The van der Waals surface area contributed by atoms with Crippen molar-refractivity contribution in [1.29, 1.82) is 0 Å². The minimum atomic E-state index is -4.83. The standard InChI is InChI=1S/C30H35F3N4O3S/c1-22(38)12-11-21-37-20-9-5-3-2-4-6-13-23-14-7-8-15-24(23)29-25(30(31,32)33)18-19-26(34-29)36-41(39,40)28-17-10-16-27(37)35-28/h7-8,10,14-19H,2-6,9,11-13,20-21H2,1H3,(H,34,36)/i6D2,21D2. The minimum absolute atomic E-state index is 0.00988. The Kier molecular flexibility index (Phi) is 8.29. The number of aromatic nitrogens is 2. The van der Waals surface area contributed by atoms with Gasteiger partial charge in [-0.05, 0) is 62.4 Å². The summed E-state index contributed by atoms with van der Waals surface area (Å²) in [4.78, 5) is 21.2. The van der Waals surface area contributed by atoms with Gasteiger partial charge in [-0.2, -0.15) is 21.6 Å². The van der Waals surface area contributed by atoms with E-state index in [4.69, 9.17) is 5.48 Å². The fourth-order valence-electron chi connectivity index (χ4n) is 4.49. The van der Waals surface area contributed by atoms with Gasteiger partial charge in [-0.15, -0.1) is 0 Å². The first-order chi connectivity index (χ1) is 21.0. The Hall–Kier alpha value is -3.47. The topological polar surface area (TPSA) is 92.3 Å². The second-order valence-corrected chi connectivity index (χ2v) is 11.4. The van der Waals surface area contributed by atoms with Crippen LogP contribution in [0.4, 0.5) is 24.8 Å². The number of hydrogen-bond acceptors (Lipinski definition) is 6. The maximum absolute atomic E-state index is 14.1. The molecule has 0 saturated carbocycles. The number of rotatable bonds is 4. The molecule has 0 amide bonds. The van der Waals surface area contributed by atoms with Crippen LogP contribution >= 0.6 is 0 Å². The SMILES string of the molecule is [2H]C1([2H])CCCCCCN(C([2H])([2H])CCC(C)=O)c2cccc(n2)S(=O)(=O)Nc2ccc(C(F)(F)F)c(n2)-c2ccccc2C1. The van der Waals surface area contributed by atoms with Gasteiger partial charge in [0.25, 0.3) is 10.0 Å². The van der Waals surface area contributed by atoms with Crippen molar-refractivity contribution in [2.24, 2.45) is 0 Å². The molecule has 3 heterocycles. The molecule has 4 bridgehead atoms. The second-order valence-electron chi connectivity index (χ2n) is 9.79. The van der Waals surface area contributed by atoms with Crippen LogP contribution in [0.15, 0.2) is 59.6 Å². The lowest BCUT2D eigenvalue weighted by molar-refractivity contribution is -0.137. The minimum Gasteiger partial charge on any atom is -0.357 e. The molecule has 2 aromatic heterocycles. The van der Waals surface area contributed by atoms with Gasteiger partial charge in [0.15, 0.2) is 5.03 Å². The van der Waals surface area contributed by atoms with Crippen molar-refractivity contribution < 1.29 is 31.9 Å². The highest BCUT2D eigenvalue weighted by Crippen LogP contribution is 2.38. The van der Waals surface area contributed by atoms with Crippen LogP contribution in [0.3, 0.4) is 0 Å². The van der Waals surface area contributed by atoms with Gasteiger partial charge >= 0.3 is 6.18 Å². The van der Waals surface area contributed by atoms with Crippen LogP contribution in [-0.4, -0.2) is 37.2 Å². The van der Waals surface area contributed by atoms with Gasteiger partial charge in [-0.1, -0.05) is 56.0 Å². The van der Waals surface area contributed by atoms with Gasteiger partial charge in [0.2, 0.25) is 0 Å². The van der Waals surface area contributed by atoms with E-state index < -0.39 is 51.2 Å². The van der Waals surface area contributed by atoms with E-state index in [0.717, 1.165) is 12.1 Å². The lowest BCUT2D eigenvalue weighted by Gasteiger charge is -2.24. The van der Waals surface area contributed by atoms with E-state index in [2.05, 4.69) is 14.7 Å². The van der Waals surface area contributed by atoms with Crippen LogP contribution in [0.25, 0.3) is 11.3 Å². The Balaban J connectivity index is 1.83. The zero-order chi connectivity index (χ0) is 33.0. The van der Waals surface area contributed by atoms with Gasteiger partial charge < -0.3 is 9.69 Å². The Morgan fingerprint density at radius 2 is 1.78 bits per heavy atom. The third-order valence-electron chi connectivity index (χ3n) is 6.55. The highest BCUT2D eigenvalue weighted by molar-refractivity contribution is 7.92. The normalized spacial score (nSPS) is 19.5. The molecule has 0 aliphatic carbocycles. The number of ketones is 1. The van der Waals surface area contributed by atoms with Crippen LogP contribution in [0, 0.1) is 0 Å². The summed E-state index contributed by atoms with van der Waals surface area (Å²) in [6.07, 6.45) is -4.62. The lowest BCUT2D eigenvalue weighted by Crippen LogP contribution is -2.28. The number of carbonyl (C=O) groups is 1. The summed E-state index contributed by atoms with van der Waals surface area (Å²) in [6.45, 7) is -0.550. The van der Waals surface area contributed by atoms with E-state index in [0.29, 0.717) is 31.2 Å². The smallest absolute Gasteiger partial charge is 0.357 e. The molecule has 0 spiro atoms. The second kappa shape index (κ2) is 13.5. The summed E-state index contributed by atoms with van der Waals surface area (Å²) in [5, 5.41) is -0.498. The molecule has 1 aliphatic heterocycles. The number of alkyl halides is 3. The quantitative estimate of drug-likeness (QED) is 0.350. The first-order valence-corrected chi connectivity index (χ1v) is 14.9. The first-order valence-electron chi connectivity index (χ1n) is 15.4. The highest BCUT2D eigenvalue weighted by Gasteiger charge is 2.35. The van der Waals surface area contributed by atoms with Gasteiger partial charge in [-0.3, -0.25) is 4.72 Å². The molecule has 11 heteroatoms. The molecule has 0 unspecified atom stereocenters. The molecule has 0 saturated heterocycles. The van der Waals surface area contributed by atoms with Crippen molar-refractivity contribution in [3.63, 3.8) is 0 Å². The Bertz CT molecular complexity index is 1640. The summed E-state index contributed by atoms with van der Waals surface area (Å²) in [7, 11) is -4.51. The van der Waals surface area contributed by atoms with E-state index in [1.807, 2.05) is 0 Å². The summed E-state index contributed by atoms with van der Waals surface area (Å²) in [5.41, 5.74) is -1.31. The lowest BCUT2D eigenvalue weighted by atomic mass is 9.96. The largest absolute Gasteiger partial charge is 0.418 e. The molecule has 4 rings (SSSR count). The third-order valence-corrected chi connectivity index (χ3v) is 7.81. The molecule has 7 nitrogen and oxygen atoms in total. The molecule has 1 aromatic carbocycles. The van der Waals surface area contributed by atoms with Gasteiger partial charge in [0.05, 0.1) is 11.3 Å². The number of nitrogens with one attached hydrogen (secondary N) is 1. The fourth-order valence-corrected chi connectivity index (χ4v) is 5.45. The van der Waals surface area contributed by atoms with Gasteiger partial charge in [-0.25, -0.2) is 9.97 Å². The van der Waals surface area contributed by atoms with Crippen molar-refractivity contribution in [3.8, 4) is 11.3 Å². The predicted octanol–water partition coefficient (Wildman–Crippen LogP) is 7.04. The average Bonchev–Trinajstić information content (AvgIpc) is 2.94. The van der Waals surface area contributed by atoms with Crippen molar-refractivity contribution in [2.75, 3.05) is 22.7 Å². The Labute approximate surface area is 244 Å². The van der Waals surface area contributed by atoms with Crippen molar-refractivity contribution in [3.05, 3.63) is 65.7 Å². The van der Waals surface area contributed by atoms with Crippen LogP contribution in [0.5, 0.6) is 0 Å². The fraction of sp³-hybridized carbons (Fsp3) is 0.433. The number of fused-ring (bicyclic) bond motifs is 6. The number of Topliss-reactive ketones (excluding diaryl/α,β-unsaturated/α-hetero) is 1. The van der Waals surface area contributed by atoms with Crippen molar-refractivity contribution >= 4 is 27.4 Å². The number of pyridine rings is 2. The van der Waals surface area contributed by atoms with E-state index in [-0.39, 0.29) is 49.4 Å². The predicted molar refractivity (Wildman–Crippen MR) is 153 cm³/mol. The third kappa shape index (κ3) is 8.28. The molecule has 0 fully saturated rings. The van der Waals surface area contributed by atoms with Crippen molar-refractivity contribution in [2.45, 2.75) is 75.9 Å². The summed E-state index contributed by atoms with van der Waals surface area (Å²) < 4.78 is 106. The number of nitrogens with zero attached hydrogens (tertiary/aromatic N) is 3. The summed E-state index contributed by atoms with van der Waals surface area (Å²) >= 11 is 0. The Morgan fingerprint density at radius 3 is 2.56 bits per heavy atom. The molecule has 1 N–H and O–H groups in total. The number of hydrogen-bond donors (Lipinski definition) is 1. The zero-order valence-electron chi connectivity index (χ0n) is 26.7. The van der Waals surface area contributed by atoms with E-state index >= 15 is 0 Å². The maximum atomic E-state index is 14.1. The van der Waals surface area contributed by atoms with Gasteiger partial charge in [0.1, 0.15) is 17.4 Å². The molecular formula is C30H35F3N4O3S. The van der Waals surface area contributed by atoms with Crippen LogP contribution in [-0.2, 0) is 27.4 Å². The van der Waals surface area contributed by atoms with Crippen LogP contribution in [0.1, 0.15) is 74.9 Å². The summed E-state index contributed by atoms with van der Waals surface area (Å²) in [5.74, 6) is -0.602. The van der Waals surface area contributed by atoms with Crippen LogP contribution < -0.4 is 9.62 Å².